The lowest BCUT2D eigenvalue weighted by molar-refractivity contribution is -0.388. The van der Waals surface area contributed by atoms with Crippen LogP contribution in [0.3, 0.4) is 0 Å². The summed E-state index contributed by atoms with van der Waals surface area (Å²) in [5.74, 6) is -1.25. The van der Waals surface area contributed by atoms with Crippen molar-refractivity contribution in [1.29, 1.82) is 0 Å². The van der Waals surface area contributed by atoms with E-state index in [0.717, 1.165) is 21.6 Å². The molecule has 144 valence electrons. The lowest BCUT2D eigenvalue weighted by Crippen LogP contribution is -2.53. The number of nitrogens with one attached hydrogen (secondary N) is 1. The van der Waals surface area contributed by atoms with E-state index in [1.807, 2.05) is 0 Å². The summed E-state index contributed by atoms with van der Waals surface area (Å²) in [4.78, 5) is 38.0. The van der Waals surface area contributed by atoms with Gasteiger partial charge in [-0.1, -0.05) is 10.8 Å². The summed E-state index contributed by atoms with van der Waals surface area (Å²) >= 11 is 0. The molecule has 26 heavy (non-hydrogen) atoms. The van der Waals surface area contributed by atoms with E-state index in [9.17, 15) is 24.8 Å². The lowest BCUT2D eigenvalue weighted by atomic mass is 10.0. The summed E-state index contributed by atoms with van der Waals surface area (Å²) in [6, 6.07) is 1.48. The molecule has 0 aliphatic rings. The molecule has 1 heterocycles. The molecular weight excluding hydrogens is 382 g/mol. The van der Waals surface area contributed by atoms with Gasteiger partial charge >= 0.3 is 17.7 Å². The number of hydrogen-bond acceptors (Lipinski definition) is 8. The maximum atomic E-state index is 11.9. The molecule has 0 aliphatic heterocycles. The van der Waals surface area contributed by atoms with Gasteiger partial charge in [-0.25, -0.2) is 14.6 Å². The number of alkyl carbamates (subject to hydrolysis) is 1. The van der Waals surface area contributed by atoms with Crippen LogP contribution in [0.15, 0.2) is 23.4 Å². The zero-order valence-corrected chi connectivity index (χ0v) is 16.6. The Hall–Kier alpha value is -2.01. The van der Waals surface area contributed by atoms with Crippen molar-refractivity contribution in [2.24, 2.45) is 0 Å². The minimum atomic E-state index is -1.28. The quantitative estimate of drug-likeness (QED) is 0.399. The van der Waals surface area contributed by atoms with Crippen molar-refractivity contribution in [3.05, 3.63) is 28.4 Å². The highest BCUT2D eigenvalue weighted by Gasteiger charge is 2.39. The predicted molar refractivity (Wildman–Crippen MR) is 99.2 cm³/mol. The molecule has 1 aromatic heterocycles. The number of pyridine rings is 1. The first-order valence-electron chi connectivity index (χ1n) is 7.51. The minimum Gasteiger partial charge on any atom is -0.480 e. The number of hydrogen-bond donors (Lipinski definition) is 2. The van der Waals surface area contributed by atoms with Crippen LogP contribution in [0, 0.1) is 10.1 Å². The summed E-state index contributed by atoms with van der Waals surface area (Å²) in [6.45, 7) is 8.21. The van der Waals surface area contributed by atoms with Gasteiger partial charge in [0.2, 0.25) is 0 Å². The smallest absolute Gasteiger partial charge is 0.408 e. The molecule has 1 rings (SSSR count). The van der Waals surface area contributed by atoms with E-state index < -0.39 is 33.4 Å². The Labute approximate surface area is 158 Å². The zero-order chi connectivity index (χ0) is 20.1. The number of amides is 1. The van der Waals surface area contributed by atoms with Crippen molar-refractivity contribution in [1.82, 2.24) is 10.3 Å². The van der Waals surface area contributed by atoms with E-state index in [-0.39, 0.29) is 10.7 Å². The summed E-state index contributed by atoms with van der Waals surface area (Å²) in [5.41, 5.74) is -0.943. The number of carbonyl (C=O) groups is 2. The van der Waals surface area contributed by atoms with Crippen LogP contribution in [0.1, 0.15) is 34.6 Å². The molecule has 0 bridgehead atoms. The zero-order valence-electron chi connectivity index (χ0n) is 15.0. The predicted octanol–water partition coefficient (Wildman–Crippen LogP) is 3.49. The van der Waals surface area contributed by atoms with Gasteiger partial charge in [-0.05, 0) is 51.5 Å². The van der Waals surface area contributed by atoms with Crippen molar-refractivity contribution in [3.8, 4) is 0 Å². The first-order valence-corrected chi connectivity index (χ1v) is 9.66. The molecule has 0 spiro atoms. The fourth-order valence-electron chi connectivity index (χ4n) is 1.74. The van der Waals surface area contributed by atoms with Crippen LogP contribution in [0.5, 0.6) is 0 Å². The van der Waals surface area contributed by atoms with Crippen LogP contribution in [0.2, 0.25) is 0 Å². The first kappa shape index (κ1) is 22.0. The fraction of sp³-hybridized carbons (Fsp3) is 0.533. The largest absolute Gasteiger partial charge is 0.480 e. The maximum absolute atomic E-state index is 11.9. The molecule has 1 amide bonds. The number of aromatic nitrogens is 1. The highest BCUT2D eigenvalue weighted by molar-refractivity contribution is 8.77. The Morgan fingerprint density at radius 2 is 1.96 bits per heavy atom. The number of nitrogens with zero attached hydrogens (tertiary/aromatic N) is 2. The number of ether oxygens (including phenoxy) is 1. The van der Waals surface area contributed by atoms with Gasteiger partial charge in [0.25, 0.3) is 0 Å². The van der Waals surface area contributed by atoms with Crippen LogP contribution in [-0.2, 0) is 9.53 Å². The SMILES string of the molecule is CC(C)(C)OC(=O)NC(C(=O)O)C(C)(C)SSc1ncccc1[N+](=O)[O-]. The second-order valence-corrected chi connectivity index (χ2v) is 9.54. The topological polar surface area (TPSA) is 132 Å². The third-order valence-electron chi connectivity index (χ3n) is 2.89. The first-order chi connectivity index (χ1) is 11.8. The average Bonchev–Trinajstić information content (AvgIpc) is 2.48. The van der Waals surface area contributed by atoms with E-state index in [4.69, 9.17) is 4.74 Å². The van der Waals surface area contributed by atoms with Crippen molar-refractivity contribution >= 4 is 39.3 Å². The van der Waals surface area contributed by atoms with Crippen LogP contribution < -0.4 is 5.32 Å². The van der Waals surface area contributed by atoms with Gasteiger partial charge in [-0.15, -0.1) is 0 Å². The van der Waals surface area contributed by atoms with Gasteiger partial charge in [0.1, 0.15) is 11.6 Å². The molecule has 2 N–H and O–H groups in total. The number of carboxylic acid groups (broad SMARTS) is 1. The van der Waals surface area contributed by atoms with Crippen molar-refractivity contribution < 1.29 is 24.4 Å². The Kier molecular flexibility index (Phi) is 7.27. The number of carboxylic acids is 1. The second kappa shape index (κ2) is 8.58. The van der Waals surface area contributed by atoms with Crippen molar-refractivity contribution in [2.45, 2.75) is 56.0 Å². The van der Waals surface area contributed by atoms with E-state index in [1.54, 1.807) is 34.6 Å². The van der Waals surface area contributed by atoms with Crippen LogP contribution >= 0.6 is 21.6 Å². The van der Waals surface area contributed by atoms with E-state index in [2.05, 4.69) is 10.3 Å². The van der Waals surface area contributed by atoms with Crippen LogP contribution in [0.4, 0.5) is 10.5 Å². The maximum Gasteiger partial charge on any atom is 0.408 e. The van der Waals surface area contributed by atoms with Gasteiger partial charge in [0, 0.05) is 12.3 Å². The summed E-state index contributed by atoms with van der Waals surface area (Å²) in [7, 11) is 2.04. The van der Waals surface area contributed by atoms with Gasteiger partial charge in [0.15, 0.2) is 5.03 Å². The second-order valence-electron chi connectivity index (χ2n) is 6.77. The van der Waals surface area contributed by atoms with Gasteiger partial charge in [0.05, 0.1) is 9.67 Å². The molecule has 1 aromatic rings. The number of rotatable bonds is 7. The monoisotopic (exact) mass is 403 g/mol. The molecule has 0 aromatic carbocycles. The Morgan fingerprint density at radius 3 is 2.46 bits per heavy atom. The Bertz CT molecular complexity index is 690. The Balaban J connectivity index is 2.89. The highest BCUT2D eigenvalue weighted by atomic mass is 33.1. The molecule has 0 saturated carbocycles. The fourth-order valence-corrected chi connectivity index (χ4v) is 4.18. The third-order valence-corrected chi connectivity index (χ3v) is 6.12. The van der Waals surface area contributed by atoms with Crippen molar-refractivity contribution in [2.75, 3.05) is 0 Å². The lowest BCUT2D eigenvalue weighted by Gasteiger charge is -2.31. The molecule has 0 fully saturated rings. The molecule has 11 heteroatoms. The summed E-state index contributed by atoms with van der Waals surface area (Å²) in [6.07, 6.45) is 0.559. The number of carbonyl (C=O) groups excluding carboxylic acids is 1. The van der Waals surface area contributed by atoms with Crippen molar-refractivity contribution in [3.63, 3.8) is 0 Å². The van der Waals surface area contributed by atoms with Gasteiger partial charge in [-0.2, -0.15) is 0 Å². The highest BCUT2D eigenvalue weighted by Crippen LogP contribution is 2.44. The number of aliphatic carboxylic acids is 1. The molecule has 9 nitrogen and oxygen atoms in total. The van der Waals surface area contributed by atoms with E-state index >= 15 is 0 Å². The molecule has 1 atom stereocenters. The molecule has 1 unspecified atom stereocenters. The standard InChI is InChI=1S/C15H21N3O6S2/c1-14(2,3)24-13(21)17-10(12(19)20)15(4,5)26-25-11-9(18(22)23)7-6-8-16-11/h6-8,10H,1-5H3,(H,17,21)(H,19,20). The van der Waals surface area contributed by atoms with Crippen LogP contribution in [0.25, 0.3) is 0 Å². The average molecular weight is 403 g/mol. The summed E-state index contributed by atoms with van der Waals surface area (Å²) in [5, 5.41) is 23.0. The van der Waals surface area contributed by atoms with E-state index in [1.165, 1.54) is 18.3 Å². The normalized spacial score (nSPS) is 13.0. The third kappa shape index (κ3) is 6.71. The van der Waals surface area contributed by atoms with Gasteiger partial charge in [-0.3, -0.25) is 10.1 Å². The number of nitro groups is 1. The van der Waals surface area contributed by atoms with E-state index in [0.29, 0.717) is 0 Å². The summed E-state index contributed by atoms with van der Waals surface area (Å²) < 4.78 is 4.08. The molecule has 0 saturated heterocycles. The molecular formula is C15H21N3O6S2. The Morgan fingerprint density at radius 1 is 1.35 bits per heavy atom. The minimum absolute atomic E-state index is 0.150. The van der Waals surface area contributed by atoms with Gasteiger partial charge < -0.3 is 15.2 Å². The van der Waals surface area contributed by atoms with Crippen LogP contribution in [-0.4, -0.2) is 43.5 Å². The molecule has 0 aliphatic carbocycles. The molecule has 0 radical (unpaired) electrons.